The summed E-state index contributed by atoms with van der Waals surface area (Å²) < 4.78 is 0. The van der Waals surface area contributed by atoms with Crippen molar-refractivity contribution in [2.24, 2.45) is 0 Å². The fourth-order valence-corrected chi connectivity index (χ4v) is 1.74. The van der Waals surface area contributed by atoms with E-state index in [1.165, 1.54) is 19.3 Å². The first-order chi connectivity index (χ1) is 11.1. The van der Waals surface area contributed by atoms with Crippen LogP contribution in [0.25, 0.3) is 0 Å². The van der Waals surface area contributed by atoms with Gasteiger partial charge in [-0.1, -0.05) is 6.08 Å². The molecule has 7 nitrogen and oxygen atoms in total. The van der Waals surface area contributed by atoms with Gasteiger partial charge in [0, 0.05) is 37.2 Å². The van der Waals surface area contributed by atoms with Crippen molar-refractivity contribution < 1.29 is 9.59 Å². The highest BCUT2D eigenvalue weighted by Gasteiger charge is 2.07. The molecular weight excluding hydrogens is 294 g/mol. The smallest absolute Gasteiger partial charge is 0.258 e. The van der Waals surface area contributed by atoms with E-state index in [-0.39, 0.29) is 11.8 Å². The van der Waals surface area contributed by atoms with E-state index in [0.29, 0.717) is 29.4 Å². The first-order valence-electron chi connectivity index (χ1n) is 6.94. The number of carbonyl (C=O) groups is 2. The normalized spacial score (nSPS) is 9.78. The van der Waals surface area contributed by atoms with Crippen LogP contribution < -0.4 is 16.0 Å². The highest BCUT2D eigenvalue weighted by Crippen LogP contribution is 2.14. The van der Waals surface area contributed by atoms with Crippen LogP contribution >= 0.6 is 0 Å². The predicted molar refractivity (Wildman–Crippen MR) is 89.4 cm³/mol. The quantitative estimate of drug-likeness (QED) is 0.711. The van der Waals surface area contributed by atoms with Crippen LogP contribution in [0.2, 0.25) is 0 Å². The molecule has 1 heterocycles. The average Bonchev–Trinajstić information content (AvgIpc) is 2.54. The summed E-state index contributed by atoms with van der Waals surface area (Å²) in [6.45, 7) is 5.57. The van der Waals surface area contributed by atoms with Crippen LogP contribution in [-0.4, -0.2) is 28.3 Å². The minimum absolute atomic E-state index is 0.149. The van der Waals surface area contributed by atoms with Crippen LogP contribution in [0.4, 0.5) is 17.3 Å². The fraction of sp³-hybridized carbons (Fsp3) is 0.125. The molecule has 0 aliphatic rings. The lowest BCUT2D eigenvalue weighted by Crippen LogP contribution is -2.13. The van der Waals surface area contributed by atoms with Gasteiger partial charge in [0.2, 0.25) is 11.9 Å². The number of hydrogen-bond acceptors (Lipinski definition) is 5. The van der Waals surface area contributed by atoms with E-state index in [1.54, 1.807) is 30.3 Å². The maximum absolute atomic E-state index is 12.1. The number of aromatic nitrogens is 2. The summed E-state index contributed by atoms with van der Waals surface area (Å²) in [6, 6.07) is 6.81. The van der Waals surface area contributed by atoms with E-state index >= 15 is 0 Å². The zero-order valence-electron chi connectivity index (χ0n) is 12.7. The molecule has 0 spiro atoms. The Morgan fingerprint density at radius 1 is 1.09 bits per heavy atom. The third-order valence-corrected chi connectivity index (χ3v) is 2.78. The van der Waals surface area contributed by atoms with Crippen LogP contribution in [0.3, 0.4) is 0 Å². The number of carbonyl (C=O) groups excluding carboxylic acids is 2. The number of benzene rings is 1. The van der Waals surface area contributed by atoms with E-state index < -0.39 is 0 Å². The second kappa shape index (κ2) is 7.69. The number of hydrogen-bond donors (Lipinski definition) is 3. The number of nitrogens with one attached hydrogen (secondary N) is 3. The molecule has 118 valence electrons. The van der Waals surface area contributed by atoms with Gasteiger partial charge in [0.15, 0.2) is 0 Å². The first-order valence-corrected chi connectivity index (χ1v) is 6.94. The minimum Gasteiger partial charge on any atom is -0.351 e. The van der Waals surface area contributed by atoms with Crippen LogP contribution in [0.15, 0.2) is 49.3 Å². The Bertz CT molecular complexity index is 695. The van der Waals surface area contributed by atoms with Crippen molar-refractivity contribution in [3.05, 3.63) is 54.9 Å². The summed E-state index contributed by atoms with van der Waals surface area (Å²) in [7, 11) is 0. The van der Waals surface area contributed by atoms with Crippen molar-refractivity contribution >= 4 is 29.1 Å². The van der Waals surface area contributed by atoms with Gasteiger partial charge in [-0.25, -0.2) is 9.97 Å². The van der Waals surface area contributed by atoms with Crippen molar-refractivity contribution in [1.82, 2.24) is 9.97 Å². The zero-order chi connectivity index (χ0) is 16.7. The summed E-state index contributed by atoms with van der Waals surface area (Å²) >= 11 is 0. The maximum Gasteiger partial charge on any atom is 0.258 e. The Morgan fingerprint density at radius 3 is 2.17 bits per heavy atom. The van der Waals surface area contributed by atoms with E-state index in [0.717, 1.165) is 0 Å². The summed E-state index contributed by atoms with van der Waals surface area (Å²) in [5, 5.41) is 8.31. The van der Waals surface area contributed by atoms with Crippen molar-refractivity contribution in [1.29, 1.82) is 0 Å². The molecule has 0 radical (unpaired) electrons. The van der Waals surface area contributed by atoms with Crippen LogP contribution in [0.5, 0.6) is 0 Å². The monoisotopic (exact) mass is 311 g/mol. The Balaban J connectivity index is 1.98. The Hall–Kier alpha value is -3.22. The number of amides is 2. The molecular formula is C16H17N5O2. The highest BCUT2D eigenvalue weighted by atomic mass is 16.2. The largest absolute Gasteiger partial charge is 0.351 e. The molecule has 2 rings (SSSR count). The SMILES string of the molecule is C=CCNc1ncc(C(=O)Nc2ccc(NC(C)=O)cc2)cn1. The molecule has 0 bridgehead atoms. The third-order valence-electron chi connectivity index (χ3n) is 2.78. The fourth-order valence-electron chi connectivity index (χ4n) is 1.74. The van der Waals surface area contributed by atoms with Gasteiger partial charge in [-0.05, 0) is 24.3 Å². The Morgan fingerprint density at radius 2 is 1.65 bits per heavy atom. The number of anilines is 3. The molecule has 1 aromatic carbocycles. The minimum atomic E-state index is -0.312. The molecule has 1 aromatic heterocycles. The molecule has 23 heavy (non-hydrogen) atoms. The summed E-state index contributed by atoms with van der Waals surface area (Å²) in [5.41, 5.74) is 1.62. The van der Waals surface area contributed by atoms with Crippen molar-refractivity contribution in [2.75, 3.05) is 22.5 Å². The van der Waals surface area contributed by atoms with Gasteiger partial charge in [-0.3, -0.25) is 9.59 Å². The molecule has 0 aliphatic heterocycles. The summed E-state index contributed by atoms with van der Waals surface area (Å²) in [5.74, 6) is -0.0299. The van der Waals surface area contributed by atoms with Crippen molar-refractivity contribution in [3.63, 3.8) is 0 Å². The summed E-state index contributed by atoms with van der Waals surface area (Å²) in [4.78, 5) is 31.1. The Kier molecular flexibility index (Phi) is 5.40. The Labute approximate surface area is 133 Å². The van der Waals surface area contributed by atoms with Gasteiger partial charge < -0.3 is 16.0 Å². The lowest BCUT2D eigenvalue weighted by atomic mass is 10.2. The molecule has 0 saturated carbocycles. The average molecular weight is 311 g/mol. The molecule has 0 saturated heterocycles. The molecule has 3 N–H and O–H groups in total. The second-order valence-corrected chi connectivity index (χ2v) is 4.68. The second-order valence-electron chi connectivity index (χ2n) is 4.68. The highest BCUT2D eigenvalue weighted by molar-refractivity contribution is 6.04. The number of rotatable bonds is 6. The zero-order valence-corrected chi connectivity index (χ0v) is 12.7. The van der Waals surface area contributed by atoms with E-state index in [2.05, 4.69) is 32.5 Å². The molecule has 0 fully saturated rings. The van der Waals surface area contributed by atoms with Crippen molar-refractivity contribution in [3.8, 4) is 0 Å². The van der Waals surface area contributed by atoms with Gasteiger partial charge >= 0.3 is 0 Å². The van der Waals surface area contributed by atoms with Gasteiger partial charge in [0.1, 0.15) is 0 Å². The van der Waals surface area contributed by atoms with Gasteiger partial charge in [0.05, 0.1) is 5.56 Å². The van der Waals surface area contributed by atoms with Crippen LogP contribution in [0, 0.1) is 0 Å². The molecule has 0 aliphatic carbocycles. The number of nitrogens with zero attached hydrogens (tertiary/aromatic N) is 2. The lowest BCUT2D eigenvalue weighted by molar-refractivity contribution is -0.114. The lowest BCUT2D eigenvalue weighted by Gasteiger charge is -2.07. The van der Waals surface area contributed by atoms with Crippen LogP contribution in [0.1, 0.15) is 17.3 Å². The van der Waals surface area contributed by atoms with E-state index in [1.807, 2.05) is 0 Å². The molecule has 0 unspecified atom stereocenters. The maximum atomic E-state index is 12.1. The van der Waals surface area contributed by atoms with Crippen molar-refractivity contribution in [2.45, 2.75) is 6.92 Å². The van der Waals surface area contributed by atoms with Gasteiger partial charge in [-0.2, -0.15) is 0 Å². The molecule has 7 heteroatoms. The van der Waals surface area contributed by atoms with Crippen LogP contribution in [-0.2, 0) is 4.79 Å². The standard InChI is InChI=1S/C16H17N5O2/c1-3-8-17-16-18-9-12(10-19-16)15(23)21-14-6-4-13(5-7-14)20-11(2)22/h3-7,9-10H,1,8H2,2H3,(H,20,22)(H,21,23)(H,17,18,19). The third kappa shape index (κ3) is 4.92. The predicted octanol–water partition coefficient (Wildman–Crippen LogP) is 2.29. The topological polar surface area (TPSA) is 96.0 Å². The van der Waals surface area contributed by atoms with E-state index in [9.17, 15) is 9.59 Å². The first kappa shape index (κ1) is 16.2. The van der Waals surface area contributed by atoms with E-state index in [4.69, 9.17) is 0 Å². The molecule has 2 aromatic rings. The van der Waals surface area contributed by atoms with Gasteiger partial charge in [-0.15, -0.1) is 6.58 Å². The summed E-state index contributed by atoms with van der Waals surface area (Å²) in [6.07, 6.45) is 4.58. The van der Waals surface area contributed by atoms with Gasteiger partial charge in [0.25, 0.3) is 5.91 Å². The molecule has 2 amide bonds. The molecule has 0 atom stereocenters.